The SMILES string of the molecule is CC(C)(Sc1ccc(Cl)cc1Cl)C(=O)NC1CC2CCC(C1)N2c1ccc(C(N)=O)cn1. The van der Waals surface area contributed by atoms with Crippen molar-refractivity contribution in [1.29, 1.82) is 0 Å². The van der Waals surface area contributed by atoms with Crippen molar-refractivity contribution in [2.24, 2.45) is 5.73 Å². The third-order valence-electron chi connectivity index (χ3n) is 6.17. The van der Waals surface area contributed by atoms with Gasteiger partial charge in [0.15, 0.2) is 0 Å². The van der Waals surface area contributed by atoms with Crippen LogP contribution in [0.15, 0.2) is 41.4 Å². The molecule has 6 nitrogen and oxygen atoms in total. The molecule has 2 amide bonds. The standard InChI is InChI=1S/C23H26Cl2N4O2S/c1-23(2,32-19-7-4-14(24)9-18(19)25)22(31)28-15-10-16-5-6-17(11-15)29(16)20-8-3-13(12-27-20)21(26)30/h3-4,7-9,12,15-17H,5-6,10-11H2,1-2H3,(H2,26,30)(H,28,31). The van der Waals surface area contributed by atoms with Gasteiger partial charge in [0.25, 0.3) is 0 Å². The number of nitrogens with one attached hydrogen (secondary N) is 1. The molecule has 2 bridgehead atoms. The molecule has 0 spiro atoms. The maximum atomic E-state index is 13.1. The predicted molar refractivity (Wildman–Crippen MR) is 130 cm³/mol. The summed E-state index contributed by atoms with van der Waals surface area (Å²) in [5, 5.41) is 4.39. The molecular weight excluding hydrogens is 467 g/mol. The van der Waals surface area contributed by atoms with E-state index < -0.39 is 10.7 Å². The molecule has 0 radical (unpaired) electrons. The van der Waals surface area contributed by atoms with Crippen LogP contribution in [-0.4, -0.2) is 39.7 Å². The molecule has 1 aromatic heterocycles. The lowest BCUT2D eigenvalue weighted by Gasteiger charge is -2.40. The summed E-state index contributed by atoms with van der Waals surface area (Å²) in [4.78, 5) is 32.1. The molecule has 2 aliphatic rings. The Balaban J connectivity index is 1.40. The Bertz CT molecular complexity index is 1020. The van der Waals surface area contributed by atoms with Crippen LogP contribution in [0.25, 0.3) is 0 Å². The zero-order valence-electron chi connectivity index (χ0n) is 18.0. The number of fused-ring (bicyclic) bond motifs is 2. The zero-order valence-corrected chi connectivity index (χ0v) is 20.3. The van der Waals surface area contributed by atoms with Crippen LogP contribution in [0, 0.1) is 0 Å². The van der Waals surface area contributed by atoms with E-state index in [1.165, 1.54) is 18.0 Å². The molecule has 0 saturated carbocycles. The van der Waals surface area contributed by atoms with Crippen LogP contribution in [0.4, 0.5) is 5.82 Å². The molecule has 2 fully saturated rings. The number of rotatable bonds is 6. The summed E-state index contributed by atoms with van der Waals surface area (Å²) >= 11 is 13.7. The molecule has 3 N–H and O–H groups in total. The van der Waals surface area contributed by atoms with E-state index in [1.807, 2.05) is 26.0 Å². The van der Waals surface area contributed by atoms with E-state index >= 15 is 0 Å². The Morgan fingerprint density at radius 1 is 1.16 bits per heavy atom. The predicted octanol–water partition coefficient (Wildman–Crippen LogP) is 4.67. The Labute approximate surface area is 202 Å². The van der Waals surface area contributed by atoms with E-state index in [0.29, 0.717) is 27.7 Å². The first-order valence-corrected chi connectivity index (χ1v) is 12.2. The van der Waals surface area contributed by atoms with Crippen LogP contribution < -0.4 is 16.0 Å². The fraction of sp³-hybridized carbons (Fsp3) is 0.435. The Morgan fingerprint density at radius 2 is 1.84 bits per heavy atom. The smallest absolute Gasteiger partial charge is 0.250 e. The summed E-state index contributed by atoms with van der Waals surface area (Å²) in [7, 11) is 0. The van der Waals surface area contributed by atoms with E-state index in [1.54, 1.807) is 18.2 Å². The Morgan fingerprint density at radius 3 is 2.41 bits per heavy atom. The molecule has 2 aromatic rings. The van der Waals surface area contributed by atoms with Crippen molar-refractivity contribution in [2.75, 3.05) is 4.90 Å². The molecule has 2 aliphatic heterocycles. The van der Waals surface area contributed by atoms with Crippen LogP contribution in [-0.2, 0) is 4.79 Å². The van der Waals surface area contributed by atoms with Gasteiger partial charge in [0, 0.05) is 34.2 Å². The van der Waals surface area contributed by atoms with Gasteiger partial charge in [-0.05, 0) is 69.9 Å². The fourth-order valence-corrected chi connectivity index (χ4v) is 6.11. The van der Waals surface area contributed by atoms with Crippen molar-refractivity contribution in [1.82, 2.24) is 10.3 Å². The van der Waals surface area contributed by atoms with Gasteiger partial charge >= 0.3 is 0 Å². The lowest BCUT2D eigenvalue weighted by molar-refractivity contribution is -0.123. The maximum absolute atomic E-state index is 13.1. The van der Waals surface area contributed by atoms with Crippen molar-refractivity contribution < 1.29 is 9.59 Å². The number of nitrogens with zero attached hydrogens (tertiary/aromatic N) is 2. The highest BCUT2D eigenvalue weighted by Crippen LogP contribution is 2.40. The van der Waals surface area contributed by atoms with Crippen LogP contribution in [0.1, 0.15) is 49.9 Å². The number of carbonyl (C=O) groups is 2. The third-order valence-corrected chi connectivity index (χ3v) is 8.10. The highest BCUT2D eigenvalue weighted by atomic mass is 35.5. The first-order valence-electron chi connectivity index (χ1n) is 10.6. The minimum Gasteiger partial charge on any atom is -0.366 e. The summed E-state index contributed by atoms with van der Waals surface area (Å²) in [5.41, 5.74) is 5.73. The second kappa shape index (κ2) is 9.12. The van der Waals surface area contributed by atoms with E-state index in [9.17, 15) is 9.59 Å². The van der Waals surface area contributed by atoms with E-state index in [-0.39, 0.29) is 11.9 Å². The molecule has 4 rings (SSSR count). The van der Waals surface area contributed by atoms with E-state index in [2.05, 4.69) is 15.2 Å². The Kier molecular flexibility index (Phi) is 6.61. The lowest BCUT2D eigenvalue weighted by atomic mass is 9.96. The number of thioether (sulfide) groups is 1. The number of halogens is 2. The summed E-state index contributed by atoms with van der Waals surface area (Å²) in [6, 6.07) is 9.64. The maximum Gasteiger partial charge on any atom is 0.250 e. The summed E-state index contributed by atoms with van der Waals surface area (Å²) in [6.07, 6.45) is 5.39. The van der Waals surface area contributed by atoms with Gasteiger partial charge in [-0.25, -0.2) is 4.98 Å². The number of carbonyl (C=O) groups excluding carboxylic acids is 2. The molecular formula is C23H26Cl2N4O2S. The molecule has 32 heavy (non-hydrogen) atoms. The van der Waals surface area contributed by atoms with Crippen molar-refractivity contribution in [2.45, 2.75) is 67.3 Å². The quantitative estimate of drug-likeness (QED) is 0.571. The number of hydrogen-bond acceptors (Lipinski definition) is 5. The average molecular weight is 493 g/mol. The second-order valence-electron chi connectivity index (χ2n) is 8.89. The number of benzene rings is 1. The van der Waals surface area contributed by atoms with Crippen molar-refractivity contribution >= 4 is 52.6 Å². The normalized spacial score (nSPS) is 22.6. The molecule has 1 aromatic carbocycles. The number of hydrogen-bond donors (Lipinski definition) is 2. The number of primary amides is 1. The first kappa shape index (κ1) is 23.2. The molecule has 2 saturated heterocycles. The minimum absolute atomic E-state index is 0.00435. The van der Waals surface area contributed by atoms with Crippen LogP contribution in [0.3, 0.4) is 0 Å². The summed E-state index contributed by atoms with van der Waals surface area (Å²) in [6.45, 7) is 3.82. The number of amides is 2. The topological polar surface area (TPSA) is 88.3 Å². The van der Waals surface area contributed by atoms with Crippen molar-refractivity contribution in [3.8, 4) is 0 Å². The molecule has 0 aliphatic carbocycles. The fourth-order valence-electron chi connectivity index (χ4n) is 4.59. The highest BCUT2D eigenvalue weighted by molar-refractivity contribution is 8.01. The third kappa shape index (κ3) is 4.85. The van der Waals surface area contributed by atoms with Crippen molar-refractivity contribution in [3.63, 3.8) is 0 Å². The molecule has 2 atom stereocenters. The lowest BCUT2D eigenvalue weighted by Crippen LogP contribution is -2.53. The zero-order chi connectivity index (χ0) is 23.0. The number of piperidine rings is 1. The van der Waals surface area contributed by atoms with Gasteiger partial charge in [-0.3, -0.25) is 9.59 Å². The van der Waals surface area contributed by atoms with Crippen LogP contribution in [0.5, 0.6) is 0 Å². The van der Waals surface area contributed by atoms with Crippen molar-refractivity contribution in [3.05, 3.63) is 52.1 Å². The molecule has 3 heterocycles. The number of anilines is 1. The minimum atomic E-state index is -0.681. The van der Waals surface area contributed by atoms with Gasteiger partial charge in [-0.2, -0.15) is 0 Å². The van der Waals surface area contributed by atoms with Gasteiger partial charge in [0.1, 0.15) is 5.82 Å². The molecule has 2 unspecified atom stereocenters. The van der Waals surface area contributed by atoms with Gasteiger partial charge in [0.2, 0.25) is 11.8 Å². The van der Waals surface area contributed by atoms with Crippen LogP contribution >= 0.6 is 35.0 Å². The van der Waals surface area contributed by atoms with Gasteiger partial charge in [-0.1, -0.05) is 23.2 Å². The van der Waals surface area contributed by atoms with E-state index in [0.717, 1.165) is 36.4 Å². The summed E-state index contributed by atoms with van der Waals surface area (Å²) < 4.78 is -0.681. The largest absolute Gasteiger partial charge is 0.366 e. The van der Waals surface area contributed by atoms with Gasteiger partial charge < -0.3 is 16.0 Å². The van der Waals surface area contributed by atoms with E-state index in [4.69, 9.17) is 28.9 Å². The van der Waals surface area contributed by atoms with Gasteiger partial charge in [0.05, 0.1) is 15.3 Å². The molecule has 9 heteroatoms. The summed E-state index contributed by atoms with van der Waals surface area (Å²) in [5.74, 6) is 0.379. The highest BCUT2D eigenvalue weighted by Gasteiger charge is 2.43. The Hall–Kier alpha value is -1.96. The van der Waals surface area contributed by atoms with Crippen LogP contribution in [0.2, 0.25) is 10.0 Å². The number of aromatic nitrogens is 1. The molecule has 170 valence electrons. The number of nitrogens with two attached hydrogens (primary N) is 1. The number of pyridine rings is 1. The van der Waals surface area contributed by atoms with Gasteiger partial charge in [-0.15, -0.1) is 11.8 Å². The first-order chi connectivity index (χ1) is 15.1. The monoisotopic (exact) mass is 492 g/mol. The average Bonchev–Trinajstić information content (AvgIpc) is 3.00. The second-order valence-corrected chi connectivity index (χ2v) is 11.4.